The molecule has 0 aromatic heterocycles. The van der Waals surface area contributed by atoms with Gasteiger partial charge in [-0.05, 0) is 61.1 Å². The summed E-state index contributed by atoms with van der Waals surface area (Å²) < 4.78 is 32.8. The van der Waals surface area contributed by atoms with E-state index < -0.39 is 0 Å². The smallest absolute Gasteiger partial charge is 0.123 e. The fourth-order valence-electron chi connectivity index (χ4n) is 4.55. The highest BCUT2D eigenvalue weighted by Crippen LogP contribution is 2.35. The van der Waals surface area contributed by atoms with Crippen LogP contribution in [0.3, 0.4) is 0 Å². The minimum Gasteiger partial charge on any atom is -0.393 e. The molecule has 2 aromatic carbocycles. The van der Waals surface area contributed by atoms with Gasteiger partial charge in [-0.25, -0.2) is 8.78 Å². The molecule has 2 aliphatic rings. The number of fused-ring (bicyclic) bond motifs is 2. The van der Waals surface area contributed by atoms with E-state index in [9.17, 15) is 13.9 Å². The number of aliphatic hydroxyl groups excluding tert-OH is 1. The second-order valence-electron chi connectivity index (χ2n) is 7.60. The van der Waals surface area contributed by atoms with Crippen LogP contribution < -0.4 is 0 Å². The Morgan fingerprint density at radius 3 is 1.85 bits per heavy atom. The normalized spacial score (nSPS) is 25.3. The number of piperidine rings is 1. The summed E-state index contributed by atoms with van der Waals surface area (Å²) >= 11 is 0. The molecule has 3 nitrogen and oxygen atoms in total. The Morgan fingerprint density at radius 1 is 0.889 bits per heavy atom. The van der Waals surface area contributed by atoms with Gasteiger partial charge in [-0.1, -0.05) is 24.3 Å². The summed E-state index contributed by atoms with van der Waals surface area (Å²) in [5, 5.41) is 9.94. The minimum absolute atomic E-state index is 0.175. The first-order chi connectivity index (χ1) is 13.1. The van der Waals surface area contributed by atoms with Crippen LogP contribution >= 0.6 is 0 Å². The molecule has 4 rings (SSSR count). The highest BCUT2D eigenvalue weighted by atomic mass is 19.1. The molecular formula is C22H25F2NO2. The van der Waals surface area contributed by atoms with Gasteiger partial charge in [0.25, 0.3) is 0 Å². The van der Waals surface area contributed by atoms with Crippen molar-refractivity contribution < 1.29 is 18.6 Å². The van der Waals surface area contributed by atoms with E-state index in [-0.39, 0.29) is 23.8 Å². The quantitative estimate of drug-likeness (QED) is 0.829. The maximum atomic E-state index is 13.3. The van der Waals surface area contributed by atoms with Gasteiger partial charge in [0.05, 0.1) is 12.7 Å². The molecule has 2 heterocycles. The van der Waals surface area contributed by atoms with E-state index in [4.69, 9.17) is 4.74 Å². The topological polar surface area (TPSA) is 32.7 Å². The van der Waals surface area contributed by atoms with Gasteiger partial charge >= 0.3 is 0 Å². The van der Waals surface area contributed by atoms with Gasteiger partial charge in [0, 0.05) is 18.6 Å². The average Bonchev–Trinajstić information content (AvgIpc) is 2.90. The predicted octanol–water partition coefficient (Wildman–Crippen LogP) is 4.06. The first-order valence-corrected chi connectivity index (χ1v) is 9.66. The average molecular weight is 373 g/mol. The summed E-state index contributed by atoms with van der Waals surface area (Å²) in [6.45, 7) is 1.34. The third-order valence-electron chi connectivity index (χ3n) is 5.84. The van der Waals surface area contributed by atoms with E-state index in [0.717, 1.165) is 43.4 Å². The molecule has 2 aromatic rings. The number of rotatable bonds is 6. The van der Waals surface area contributed by atoms with Crippen LogP contribution in [-0.2, 0) is 4.74 Å². The minimum atomic E-state index is -0.362. The molecule has 2 fully saturated rings. The van der Waals surface area contributed by atoms with Gasteiger partial charge in [0.1, 0.15) is 17.7 Å². The lowest BCUT2D eigenvalue weighted by Crippen LogP contribution is -2.46. The van der Waals surface area contributed by atoms with Crippen LogP contribution in [0.15, 0.2) is 48.5 Å². The summed E-state index contributed by atoms with van der Waals surface area (Å²) in [5.41, 5.74) is 1.69. The Kier molecular flexibility index (Phi) is 5.53. The maximum absolute atomic E-state index is 13.3. The van der Waals surface area contributed by atoms with Crippen molar-refractivity contribution in [2.45, 2.75) is 50.0 Å². The van der Waals surface area contributed by atoms with Gasteiger partial charge in [0.15, 0.2) is 0 Å². The lowest BCUT2D eigenvalue weighted by molar-refractivity contribution is 0.00399. The zero-order valence-corrected chi connectivity index (χ0v) is 15.2. The zero-order chi connectivity index (χ0) is 18.8. The molecule has 2 aliphatic heterocycles. The summed E-state index contributed by atoms with van der Waals surface area (Å²) in [7, 11) is 0. The van der Waals surface area contributed by atoms with Crippen molar-refractivity contribution in [3.63, 3.8) is 0 Å². The molecule has 2 saturated heterocycles. The Balaban J connectivity index is 1.45. The van der Waals surface area contributed by atoms with Gasteiger partial charge in [0.2, 0.25) is 0 Å². The zero-order valence-electron chi connectivity index (χ0n) is 15.2. The summed E-state index contributed by atoms with van der Waals surface area (Å²) in [4.78, 5) is 2.46. The molecular weight excluding hydrogens is 348 g/mol. The number of benzene rings is 2. The number of nitrogens with zero attached hydrogens (tertiary/aromatic N) is 1. The van der Waals surface area contributed by atoms with Crippen molar-refractivity contribution in [2.24, 2.45) is 0 Å². The maximum Gasteiger partial charge on any atom is 0.123 e. The molecule has 2 atom stereocenters. The van der Waals surface area contributed by atoms with E-state index in [0.29, 0.717) is 18.7 Å². The van der Waals surface area contributed by atoms with Crippen LogP contribution in [0.2, 0.25) is 0 Å². The lowest BCUT2D eigenvalue weighted by atomic mass is 10.00. The predicted molar refractivity (Wildman–Crippen MR) is 99.4 cm³/mol. The van der Waals surface area contributed by atoms with Crippen molar-refractivity contribution in [3.05, 3.63) is 71.3 Å². The molecule has 5 heteroatoms. The fraction of sp³-hybridized carbons (Fsp3) is 0.455. The van der Waals surface area contributed by atoms with E-state index in [1.807, 2.05) is 0 Å². The van der Waals surface area contributed by atoms with Crippen molar-refractivity contribution in [3.8, 4) is 0 Å². The third-order valence-corrected chi connectivity index (χ3v) is 5.84. The van der Waals surface area contributed by atoms with Crippen molar-refractivity contribution in [1.82, 2.24) is 4.90 Å². The Morgan fingerprint density at radius 2 is 1.37 bits per heavy atom. The molecule has 0 radical (unpaired) electrons. The van der Waals surface area contributed by atoms with Crippen molar-refractivity contribution >= 4 is 0 Å². The van der Waals surface area contributed by atoms with E-state index >= 15 is 0 Å². The first kappa shape index (κ1) is 18.5. The number of halogens is 2. The third kappa shape index (κ3) is 4.21. The van der Waals surface area contributed by atoms with Crippen LogP contribution in [0.1, 0.15) is 42.9 Å². The fourth-order valence-corrected chi connectivity index (χ4v) is 4.55. The lowest BCUT2D eigenvalue weighted by Gasteiger charge is -2.37. The van der Waals surface area contributed by atoms with Gasteiger partial charge in [-0.15, -0.1) is 0 Å². The van der Waals surface area contributed by atoms with Gasteiger partial charge in [-0.3, -0.25) is 4.90 Å². The number of hydrogen-bond donors (Lipinski definition) is 1. The molecule has 0 amide bonds. The van der Waals surface area contributed by atoms with Crippen molar-refractivity contribution in [2.75, 3.05) is 13.2 Å². The van der Waals surface area contributed by atoms with Crippen LogP contribution in [-0.4, -0.2) is 41.3 Å². The molecule has 27 heavy (non-hydrogen) atoms. The number of ether oxygens (including phenoxy) is 1. The molecule has 2 bridgehead atoms. The molecule has 1 N–H and O–H groups in total. The van der Waals surface area contributed by atoms with E-state index in [1.165, 1.54) is 24.3 Å². The largest absolute Gasteiger partial charge is 0.393 e. The van der Waals surface area contributed by atoms with E-state index in [2.05, 4.69) is 4.90 Å². The SMILES string of the molecule is OC1CC2CCC(C1)N2CCOC(c1ccc(F)cc1)c1ccc(F)cc1. The van der Waals surface area contributed by atoms with Crippen LogP contribution in [0, 0.1) is 11.6 Å². The Bertz CT molecular complexity index is 690. The highest BCUT2D eigenvalue weighted by molar-refractivity contribution is 5.30. The van der Waals surface area contributed by atoms with Crippen LogP contribution in [0.5, 0.6) is 0 Å². The number of aliphatic hydroxyl groups is 1. The van der Waals surface area contributed by atoms with Gasteiger partial charge in [-0.2, -0.15) is 0 Å². The monoisotopic (exact) mass is 373 g/mol. The second kappa shape index (κ2) is 8.05. The van der Waals surface area contributed by atoms with Crippen LogP contribution in [0.4, 0.5) is 8.78 Å². The van der Waals surface area contributed by atoms with Crippen LogP contribution in [0.25, 0.3) is 0 Å². The summed E-state index contributed by atoms with van der Waals surface area (Å²) in [6, 6.07) is 13.4. The summed E-state index contributed by atoms with van der Waals surface area (Å²) in [6.07, 6.45) is 3.43. The Labute approximate surface area is 158 Å². The second-order valence-corrected chi connectivity index (χ2v) is 7.60. The number of hydrogen-bond acceptors (Lipinski definition) is 3. The molecule has 0 aliphatic carbocycles. The van der Waals surface area contributed by atoms with Crippen molar-refractivity contribution in [1.29, 1.82) is 0 Å². The molecule has 0 saturated carbocycles. The summed E-state index contributed by atoms with van der Waals surface area (Å²) in [5.74, 6) is -0.583. The van der Waals surface area contributed by atoms with Gasteiger partial charge < -0.3 is 9.84 Å². The first-order valence-electron chi connectivity index (χ1n) is 9.66. The highest BCUT2D eigenvalue weighted by Gasteiger charge is 2.39. The molecule has 0 spiro atoms. The molecule has 144 valence electrons. The standard InChI is InChI=1S/C22H25F2NO2/c23-17-5-1-15(2-6-17)22(16-3-7-18(24)8-4-16)27-12-11-25-19-9-10-20(25)14-21(26)13-19/h1-8,19-22,26H,9-14H2. The van der Waals surface area contributed by atoms with E-state index in [1.54, 1.807) is 24.3 Å². The molecule has 2 unspecified atom stereocenters. The Hall–Kier alpha value is -1.82.